The Morgan fingerprint density at radius 2 is 2.17 bits per heavy atom. The zero-order valence-corrected chi connectivity index (χ0v) is 9.51. The van der Waals surface area contributed by atoms with Crippen molar-refractivity contribution in [2.45, 2.75) is 6.42 Å². The fraction of sp³-hybridized carbons (Fsp3) is 0.0667. The molecule has 0 unspecified atom stereocenters. The van der Waals surface area contributed by atoms with Gasteiger partial charge in [0, 0.05) is 35.2 Å². The smallest absolute Gasteiger partial charge is 0.151 e. The number of carbonyl (C=O) groups is 1. The Morgan fingerprint density at radius 1 is 1.28 bits per heavy atom. The number of allylic oxidation sites excluding steroid dienone is 2. The average molecular weight is 235 g/mol. The maximum absolute atomic E-state index is 11.0. The molecule has 0 atom stereocenters. The van der Waals surface area contributed by atoms with Crippen LogP contribution in [-0.2, 0) is 11.2 Å². The normalized spacial score (nSPS) is 16.8. The number of aliphatic imine (C=N–C) groups is 1. The lowest BCUT2D eigenvalue weighted by molar-refractivity contribution is -0.104. The number of furan rings is 1. The summed E-state index contributed by atoms with van der Waals surface area (Å²) in [6.07, 6.45) is 5.13. The minimum absolute atomic E-state index is 0.678. The molecule has 4 rings (SSSR count). The molecule has 86 valence electrons. The van der Waals surface area contributed by atoms with Gasteiger partial charge in [0.25, 0.3) is 0 Å². The van der Waals surface area contributed by atoms with E-state index >= 15 is 0 Å². The molecular weight excluding hydrogens is 226 g/mol. The van der Waals surface area contributed by atoms with E-state index in [-0.39, 0.29) is 0 Å². The van der Waals surface area contributed by atoms with Gasteiger partial charge in [0.15, 0.2) is 6.29 Å². The van der Waals surface area contributed by atoms with Gasteiger partial charge in [-0.25, -0.2) is 0 Å². The average Bonchev–Trinajstić information content (AvgIpc) is 2.96. The number of nitrogens with zero attached hydrogens (tertiary/aromatic N) is 1. The van der Waals surface area contributed by atoms with Gasteiger partial charge >= 0.3 is 0 Å². The predicted octanol–water partition coefficient (Wildman–Crippen LogP) is 2.91. The van der Waals surface area contributed by atoms with E-state index in [9.17, 15) is 4.79 Å². The van der Waals surface area contributed by atoms with Crippen LogP contribution < -0.4 is 0 Å². The minimum Gasteiger partial charge on any atom is -0.456 e. The van der Waals surface area contributed by atoms with Crippen LogP contribution in [0, 0.1) is 0 Å². The zero-order chi connectivity index (χ0) is 12.1. The summed E-state index contributed by atoms with van der Waals surface area (Å²) in [5.74, 6) is 0.860. The molecule has 0 bridgehead atoms. The van der Waals surface area contributed by atoms with E-state index in [1.54, 1.807) is 6.21 Å². The quantitative estimate of drug-likeness (QED) is 0.713. The van der Waals surface area contributed by atoms with Crippen LogP contribution in [0.3, 0.4) is 0 Å². The zero-order valence-electron chi connectivity index (χ0n) is 9.51. The first-order chi connectivity index (χ1) is 8.86. The van der Waals surface area contributed by atoms with Crippen molar-refractivity contribution < 1.29 is 9.21 Å². The molecule has 0 saturated carbocycles. The van der Waals surface area contributed by atoms with Crippen LogP contribution in [0.1, 0.15) is 11.3 Å². The van der Waals surface area contributed by atoms with Crippen molar-refractivity contribution in [3.63, 3.8) is 0 Å². The maximum Gasteiger partial charge on any atom is 0.151 e. The van der Waals surface area contributed by atoms with Crippen LogP contribution in [0.15, 0.2) is 50.5 Å². The van der Waals surface area contributed by atoms with Crippen LogP contribution in [0.5, 0.6) is 0 Å². The molecule has 1 aliphatic heterocycles. The molecule has 0 radical (unpaired) electrons. The Morgan fingerprint density at radius 3 is 3.06 bits per heavy atom. The Balaban J connectivity index is 2.01. The molecule has 3 nitrogen and oxygen atoms in total. The molecular formula is C15H9NO2. The number of rotatable bonds is 1. The fourth-order valence-electron chi connectivity index (χ4n) is 2.58. The molecule has 2 aromatic rings. The second-order valence-corrected chi connectivity index (χ2v) is 4.46. The van der Waals surface area contributed by atoms with E-state index in [0.29, 0.717) is 12.0 Å². The highest BCUT2D eigenvalue weighted by Crippen LogP contribution is 2.38. The van der Waals surface area contributed by atoms with Crippen molar-refractivity contribution in [2.75, 3.05) is 0 Å². The lowest BCUT2D eigenvalue weighted by Crippen LogP contribution is -2.00. The monoisotopic (exact) mass is 235 g/mol. The highest BCUT2D eigenvalue weighted by atomic mass is 16.3. The molecule has 0 saturated heterocycles. The standard InChI is InChI=1S/C15H9NO2/c17-8-9-7-16-13-6-15-12(5-11(9)13)10-3-1-2-4-14(10)18-15/h1-4,6-8H,5H2. The van der Waals surface area contributed by atoms with Gasteiger partial charge in [-0.05, 0) is 11.6 Å². The van der Waals surface area contributed by atoms with Crippen molar-refractivity contribution in [3.05, 3.63) is 52.4 Å². The summed E-state index contributed by atoms with van der Waals surface area (Å²) < 4.78 is 5.81. The van der Waals surface area contributed by atoms with Crippen LogP contribution in [0.25, 0.3) is 17.0 Å². The van der Waals surface area contributed by atoms with Gasteiger partial charge in [0.2, 0.25) is 0 Å². The Labute approximate surface area is 103 Å². The van der Waals surface area contributed by atoms with Crippen LogP contribution in [-0.4, -0.2) is 12.5 Å². The van der Waals surface area contributed by atoms with Gasteiger partial charge in [-0.15, -0.1) is 0 Å². The maximum atomic E-state index is 11.0. The SMILES string of the molecule is O=CC1=C2Cc3c(oc4ccccc34)C=C2N=C1. The summed E-state index contributed by atoms with van der Waals surface area (Å²) >= 11 is 0. The van der Waals surface area contributed by atoms with E-state index in [1.807, 2.05) is 30.3 Å². The summed E-state index contributed by atoms with van der Waals surface area (Å²) in [6, 6.07) is 7.96. The number of aldehydes is 1. The van der Waals surface area contributed by atoms with Gasteiger partial charge in [-0.2, -0.15) is 0 Å². The minimum atomic E-state index is 0.678. The first-order valence-electron chi connectivity index (χ1n) is 5.81. The summed E-state index contributed by atoms with van der Waals surface area (Å²) in [6.45, 7) is 0. The number of para-hydroxylation sites is 1. The highest BCUT2D eigenvalue weighted by molar-refractivity contribution is 6.07. The summed E-state index contributed by atoms with van der Waals surface area (Å²) in [7, 11) is 0. The third-order valence-electron chi connectivity index (χ3n) is 3.48. The molecule has 1 aromatic carbocycles. The van der Waals surface area contributed by atoms with Gasteiger partial charge < -0.3 is 4.42 Å². The van der Waals surface area contributed by atoms with Crippen molar-refractivity contribution in [1.82, 2.24) is 0 Å². The summed E-state index contributed by atoms with van der Waals surface area (Å²) in [5.41, 5.74) is 4.57. The molecule has 1 aliphatic carbocycles. The number of hydrogen-bond donors (Lipinski definition) is 0. The van der Waals surface area contributed by atoms with Crippen molar-refractivity contribution in [2.24, 2.45) is 4.99 Å². The number of hydrogen-bond acceptors (Lipinski definition) is 3. The Hall–Kier alpha value is -2.42. The number of benzene rings is 1. The molecule has 18 heavy (non-hydrogen) atoms. The van der Waals surface area contributed by atoms with Crippen LogP contribution in [0.4, 0.5) is 0 Å². The number of fused-ring (bicyclic) bond motifs is 4. The molecule has 0 amide bonds. The highest BCUT2D eigenvalue weighted by Gasteiger charge is 2.25. The van der Waals surface area contributed by atoms with E-state index in [4.69, 9.17) is 4.42 Å². The lowest BCUT2D eigenvalue weighted by Gasteiger charge is -2.10. The Kier molecular flexibility index (Phi) is 1.75. The van der Waals surface area contributed by atoms with Crippen LogP contribution in [0.2, 0.25) is 0 Å². The Bertz CT molecular complexity index is 775. The molecule has 2 aliphatic rings. The predicted molar refractivity (Wildman–Crippen MR) is 69.5 cm³/mol. The van der Waals surface area contributed by atoms with Crippen molar-refractivity contribution in [3.8, 4) is 0 Å². The molecule has 3 heteroatoms. The van der Waals surface area contributed by atoms with E-state index in [0.717, 1.165) is 39.8 Å². The molecule has 0 N–H and O–H groups in total. The van der Waals surface area contributed by atoms with Crippen molar-refractivity contribution >= 4 is 29.5 Å². The lowest BCUT2D eigenvalue weighted by atomic mass is 9.93. The van der Waals surface area contributed by atoms with E-state index < -0.39 is 0 Å². The molecule has 1 aromatic heterocycles. The molecule has 0 fully saturated rings. The third-order valence-corrected chi connectivity index (χ3v) is 3.48. The first-order valence-corrected chi connectivity index (χ1v) is 5.81. The second-order valence-electron chi connectivity index (χ2n) is 4.46. The third kappa shape index (κ3) is 1.13. The fourth-order valence-corrected chi connectivity index (χ4v) is 2.58. The van der Waals surface area contributed by atoms with Gasteiger partial charge in [-0.1, -0.05) is 18.2 Å². The van der Waals surface area contributed by atoms with Gasteiger partial charge in [-0.3, -0.25) is 9.79 Å². The second kappa shape index (κ2) is 3.29. The van der Waals surface area contributed by atoms with Crippen molar-refractivity contribution in [1.29, 1.82) is 0 Å². The first kappa shape index (κ1) is 9.59. The van der Waals surface area contributed by atoms with Gasteiger partial charge in [0.1, 0.15) is 11.3 Å². The van der Waals surface area contributed by atoms with Gasteiger partial charge in [0.05, 0.1) is 5.70 Å². The summed E-state index contributed by atoms with van der Waals surface area (Å²) in [4.78, 5) is 15.2. The van der Waals surface area contributed by atoms with E-state index in [2.05, 4.69) is 4.99 Å². The van der Waals surface area contributed by atoms with E-state index in [1.165, 1.54) is 0 Å². The topological polar surface area (TPSA) is 42.6 Å². The molecule has 0 spiro atoms. The summed E-state index contributed by atoms with van der Waals surface area (Å²) in [5, 5.41) is 1.12. The largest absolute Gasteiger partial charge is 0.456 e. The van der Waals surface area contributed by atoms with Crippen LogP contribution >= 0.6 is 0 Å². The number of carbonyl (C=O) groups excluding carboxylic acids is 1. The molecule has 2 heterocycles.